The van der Waals surface area contributed by atoms with Crippen LogP contribution >= 0.6 is 0 Å². The van der Waals surface area contributed by atoms with Crippen molar-refractivity contribution < 1.29 is 22.7 Å². The number of amides is 2. The molecule has 2 amide bonds. The SMILES string of the molecule is CCCCNC(=O)C1CCCN(CC(=O)Nc2ccc(OCC)c(S(=O)(=O)N(CC)CC)c2)C1. The van der Waals surface area contributed by atoms with E-state index in [1.165, 1.54) is 10.4 Å². The van der Waals surface area contributed by atoms with Gasteiger partial charge in [-0.2, -0.15) is 4.31 Å². The molecule has 1 saturated heterocycles. The highest BCUT2D eigenvalue weighted by molar-refractivity contribution is 7.89. The minimum Gasteiger partial charge on any atom is -0.492 e. The van der Waals surface area contributed by atoms with Crippen molar-refractivity contribution in [2.45, 2.75) is 58.3 Å². The fraction of sp³-hybridized carbons (Fsp3) is 0.667. The van der Waals surface area contributed by atoms with Crippen molar-refractivity contribution in [1.29, 1.82) is 0 Å². The van der Waals surface area contributed by atoms with Crippen molar-refractivity contribution in [2.24, 2.45) is 5.92 Å². The van der Waals surface area contributed by atoms with Gasteiger partial charge < -0.3 is 15.4 Å². The molecule has 0 bridgehead atoms. The summed E-state index contributed by atoms with van der Waals surface area (Å²) in [6.07, 6.45) is 3.66. The summed E-state index contributed by atoms with van der Waals surface area (Å²) in [7, 11) is -3.76. The van der Waals surface area contributed by atoms with E-state index in [0.29, 0.717) is 38.5 Å². The number of carbonyl (C=O) groups excluding carboxylic acids is 2. The zero-order valence-electron chi connectivity index (χ0n) is 20.9. The summed E-state index contributed by atoms with van der Waals surface area (Å²) in [5.41, 5.74) is 0.394. The predicted molar refractivity (Wildman–Crippen MR) is 133 cm³/mol. The first-order valence-electron chi connectivity index (χ1n) is 12.3. The zero-order valence-corrected chi connectivity index (χ0v) is 21.7. The summed E-state index contributed by atoms with van der Waals surface area (Å²) in [5, 5.41) is 5.79. The number of piperidine rings is 1. The Hall–Kier alpha value is -2.17. The Labute approximate surface area is 204 Å². The van der Waals surface area contributed by atoms with Gasteiger partial charge in [0.2, 0.25) is 21.8 Å². The van der Waals surface area contributed by atoms with Crippen LogP contribution in [0.15, 0.2) is 23.1 Å². The molecule has 1 aliphatic rings. The van der Waals surface area contributed by atoms with Gasteiger partial charge in [-0.1, -0.05) is 27.2 Å². The van der Waals surface area contributed by atoms with E-state index in [1.54, 1.807) is 32.9 Å². The summed E-state index contributed by atoms with van der Waals surface area (Å²) < 4.78 is 33.2. The summed E-state index contributed by atoms with van der Waals surface area (Å²) >= 11 is 0. The van der Waals surface area contributed by atoms with Gasteiger partial charge in [-0.25, -0.2) is 8.42 Å². The second-order valence-corrected chi connectivity index (χ2v) is 10.4. The molecule has 192 valence electrons. The lowest BCUT2D eigenvalue weighted by Crippen LogP contribution is -2.45. The lowest BCUT2D eigenvalue weighted by atomic mass is 9.97. The van der Waals surface area contributed by atoms with Crippen LogP contribution in [0.5, 0.6) is 5.75 Å². The van der Waals surface area contributed by atoms with Gasteiger partial charge in [0.15, 0.2) is 0 Å². The van der Waals surface area contributed by atoms with Crippen LogP contribution in [0.25, 0.3) is 0 Å². The highest BCUT2D eigenvalue weighted by Gasteiger charge is 2.28. The number of sulfonamides is 1. The zero-order chi connectivity index (χ0) is 25.1. The van der Waals surface area contributed by atoms with Crippen molar-refractivity contribution in [3.8, 4) is 5.75 Å². The Kier molecular flexibility index (Phi) is 11.3. The monoisotopic (exact) mass is 496 g/mol. The number of likely N-dealkylation sites (tertiary alicyclic amines) is 1. The predicted octanol–water partition coefficient (Wildman–Crippen LogP) is 2.68. The number of anilines is 1. The molecule has 0 saturated carbocycles. The fourth-order valence-corrected chi connectivity index (χ4v) is 5.73. The van der Waals surface area contributed by atoms with Gasteiger partial charge >= 0.3 is 0 Å². The quantitative estimate of drug-likeness (QED) is 0.407. The standard InChI is InChI=1S/C24H40N4O5S/c1-5-9-14-25-24(30)19-11-10-15-27(17-19)18-23(29)26-20-12-13-21(33-8-4)22(16-20)34(31,32)28(6-2)7-3/h12-13,16,19H,5-11,14-15,17-18H2,1-4H3,(H,25,30)(H,26,29). The fourth-order valence-electron chi connectivity index (χ4n) is 4.11. The van der Waals surface area contributed by atoms with Crippen LogP contribution in [-0.2, 0) is 19.6 Å². The summed E-state index contributed by atoms with van der Waals surface area (Å²) in [4.78, 5) is 27.2. The van der Waals surface area contributed by atoms with E-state index in [0.717, 1.165) is 32.2 Å². The first-order valence-corrected chi connectivity index (χ1v) is 13.8. The molecule has 0 radical (unpaired) electrons. The molecule has 9 nitrogen and oxygen atoms in total. The summed E-state index contributed by atoms with van der Waals surface area (Å²) in [6, 6.07) is 4.67. The number of hydrogen-bond donors (Lipinski definition) is 2. The van der Waals surface area contributed by atoms with Gasteiger partial charge in [-0.05, 0) is 50.9 Å². The maximum atomic E-state index is 13.1. The maximum Gasteiger partial charge on any atom is 0.246 e. The van der Waals surface area contributed by atoms with Crippen molar-refractivity contribution in [2.75, 3.05) is 51.2 Å². The van der Waals surface area contributed by atoms with Crippen LogP contribution in [0.1, 0.15) is 53.4 Å². The molecule has 1 atom stereocenters. The first-order chi connectivity index (χ1) is 16.3. The van der Waals surface area contributed by atoms with E-state index < -0.39 is 10.0 Å². The Morgan fingerprint density at radius 1 is 1.18 bits per heavy atom. The third-order valence-electron chi connectivity index (χ3n) is 5.92. The van der Waals surface area contributed by atoms with Crippen LogP contribution in [0, 0.1) is 5.92 Å². The molecule has 1 aromatic rings. The van der Waals surface area contributed by atoms with Crippen molar-refractivity contribution in [1.82, 2.24) is 14.5 Å². The maximum absolute atomic E-state index is 13.1. The third-order valence-corrected chi connectivity index (χ3v) is 7.99. The smallest absolute Gasteiger partial charge is 0.246 e. The molecule has 34 heavy (non-hydrogen) atoms. The van der Waals surface area contributed by atoms with E-state index in [2.05, 4.69) is 17.6 Å². The van der Waals surface area contributed by atoms with E-state index in [4.69, 9.17) is 4.74 Å². The van der Waals surface area contributed by atoms with E-state index in [-0.39, 0.29) is 34.9 Å². The number of benzene rings is 1. The Morgan fingerprint density at radius 2 is 1.91 bits per heavy atom. The average Bonchev–Trinajstić information content (AvgIpc) is 2.81. The number of rotatable bonds is 13. The lowest BCUT2D eigenvalue weighted by molar-refractivity contribution is -0.127. The molecule has 1 fully saturated rings. The van der Waals surface area contributed by atoms with Gasteiger partial charge in [0.05, 0.1) is 19.1 Å². The van der Waals surface area contributed by atoms with Crippen LogP contribution in [0.2, 0.25) is 0 Å². The number of ether oxygens (including phenoxy) is 1. The van der Waals surface area contributed by atoms with Crippen molar-refractivity contribution in [3.05, 3.63) is 18.2 Å². The molecule has 1 heterocycles. The Morgan fingerprint density at radius 3 is 2.56 bits per heavy atom. The van der Waals surface area contributed by atoms with Gasteiger partial charge in [-0.3, -0.25) is 14.5 Å². The van der Waals surface area contributed by atoms with Gasteiger partial charge in [-0.15, -0.1) is 0 Å². The van der Waals surface area contributed by atoms with Gasteiger partial charge in [0, 0.05) is 31.9 Å². The molecule has 1 aliphatic heterocycles. The molecule has 10 heteroatoms. The molecule has 0 aromatic heterocycles. The van der Waals surface area contributed by atoms with Crippen molar-refractivity contribution in [3.63, 3.8) is 0 Å². The van der Waals surface area contributed by atoms with Crippen LogP contribution < -0.4 is 15.4 Å². The normalized spacial score (nSPS) is 16.9. The summed E-state index contributed by atoms with van der Waals surface area (Å²) in [6.45, 7) is 10.5. The molecule has 2 N–H and O–H groups in total. The third kappa shape index (κ3) is 7.68. The molecular formula is C24H40N4O5S. The average molecular weight is 497 g/mol. The Balaban J connectivity index is 2.07. The van der Waals surface area contributed by atoms with E-state index in [1.807, 2.05) is 4.90 Å². The van der Waals surface area contributed by atoms with Crippen LogP contribution in [-0.4, -0.2) is 75.3 Å². The first kappa shape index (κ1) is 28.1. The second kappa shape index (κ2) is 13.7. The minimum atomic E-state index is -3.76. The minimum absolute atomic E-state index is 0.0395. The van der Waals surface area contributed by atoms with Crippen molar-refractivity contribution >= 4 is 27.5 Å². The van der Waals surface area contributed by atoms with E-state index >= 15 is 0 Å². The lowest BCUT2D eigenvalue weighted by Gasteiger charge is -2.31. The number of carbonyl (C=O) groups is 2. The van der Waals surface area contributed by atoms with Crippen LogP contribution in [0.3, 0.4) is 0 Å². The largest absolute Gasteiger partial charge is 0.492 e. The molecule has 0 spiro atoms. The molecule has 1 aromatic carbocycles. The number of unbranched alkanes of at least 4 members (excludes halogenated alkanes) is 1. The molecule has 0 aliphatic carbocycles. The van der Waals surface area contributed by atoms with Gasteiger partial charge in [0.1, 0.15) is 10.6 Å². The highest BCUT2D eigenvalue weighted by atomic mass is 32.2. The number of hydrogen-bond acceptors (Lipinski definition) is 6. The van der Waals surface area contributed by atoms with Crippen LogP contribution in [0.4, 0.5) is 5.69 Å². The Bertz CT molecular complexity index is 918. The molecule has 2 rings (SSSR count). The number of nitrogens with zero attached hydrogens (tertiary/aromatic N) is 2. The highest BCUT2D eigenvalue weighted by Crippen LogP contribution is 2.30. The second-order valence-electron chi connectivity index (χ2n) is 8.45. The molecular weight excluding hydrogens is 456 g/mol. The number of nitrogens with one attached hydrogen (secondary N) is 2. The topological polar surface area (TPSA) is 108 Å². The molecule has 1 unspecified atom stereocenters. The summed E-state index contributed by atoms with van der Waals surface area (Å²) in [5.74, 6) is -0.0474. The van der Waals surface area contributed by atoms with Gasteiger partial charge in [0.25, 0.3) is 0 Å². The van der Waals surface area contributed by atoms with E-state index in [9.17, 15) is 18.0 Å².